The van der Waals surface area contributed by atoms with Crippen LogP contribution in [0.2, 0.25) is 0 Å². The molecule has 4 aliphatic rings. The van der Waals surface area contributed by atoms with Gasteiger partial charge in [0.1, 0.15) is 0 Å². The molecule has 0 bridgehead atoms. The van der Waals surface area contributed by atoms with E-state index < -0.39 is 0 Å². The van der Waals surface area contributed by atoms with E-state index in [0.717, 1.165) is 25.1 Å². The molecule has 132 valence electrons. The third-order valence-electron chi connectivity index (χ3n) is 7.40. The highest BCUT2D eigenvalue weighted by Crippen LogP contribution is 2.59. The standard InChI is InChI=1S/C22H28N2O/c1-2-14-8-19(23)18-12-24(13-25)11-16-10-22(5-3-4-6-22)9-15-7-17(14)21(18)20(15)16/h8,10,13,15,20H,2-7,9,11-12,23H2,1H3. The number of hydrogen-bond donors (Lipinski definition) is 1. The minimum Gasteiger partial charge on any atom is -0.398 e. The van der Waals surface area contributed by atoms with Crippen LogP contribution >= 0.6 is 0 Å². The van der Waals surface area contributed by atoms with Crippen molar-refractivity contribution in [1.82, 2.24) is 4.90 Å². The molecule has 2 N–H and O–H groups in total. The quantitative estimate of drug-likeness (QED) is 0.505. The maximum absolute atomic E-state index is 11.7. The molecule has 1 amide bonds. The second-order valence-electron chi connectivity index (χ2n) is 8.79. The van der Waals surface area contributed by atoms with E-state index in [1.807, 2.05) is 4.90 Å². The van der Waals surface area contributed by atoms with E-state index in [2.05, 4.69) is 19.1 Å². The fourth-order valence-electron chi connectivity index (χ4n) is 6.48. The molecular formula is C22H28N2O. The normalized spacial score (nSPS) is 28.7. The topological polar surface area (TPSA) is 46.3 Å². The van der Waals surface area contributed by atoms with Gasteiger partial charge >= 0.3 is 0 Å². The molecule has 0 saturated heterocycles. The molecule has 1 aromatic rings. The maximum Gasteiger partial charge on any atom is 0.210 e. The number of benzene rings is 1. The van der Waals surface area contributed by atoms with Gasteiger partial charge in [0.25, 0.3) is 0 Å². The summed E-state index contributed by atoms with van der Waals surface area (Å²) in [6, 6.07) is 2.19. The average Bonchev–Trinajstić information content (AvgIpc) is 3.15. The van der Waals surface area contributed by atoms with Crippen LogP contribution in [-0.4, -0.2) is 17.9 Å². The molecule has 0 radical (unpaired) electrons. The first-order valence-corrected chi connectivity index (χ1v) is 9.98. The first-order valence-electron chi connectivity index (χ1n) is 9.98. The van der Waals surface area contributed by atoms with E-state index in [1.54, 1.807) is 5.56 Å². The van der Waals surface area contributed by atoms with Gasteiger partial charge in [0.2, 0.25) is 6.41 Å². The van der Waals surface area contributed by atoms with E-state index in [4.69, 9.17) is 5.73 Å². The lowest BCUT2D eigenvalue weighted by Gasteiger charge is -2.39. The fraction of sp³-hybridized carbons (Fsp3) is 0.591. The van der Waals surface area contributed by atoms with Crippen molar-refractivity contribution < 1.29 is 4.79 Å². The Hall–Kier alpha value is -1.77. The number of carbonyl (C=O) groups is 1. The first-order chi connectivity index (χ1) is 12.1. The molecule has 25 heavy (non-hydrogen) atoms. The second-order valence-corrected chi connectivity index (χ2v) is 8.79. The fourth-order valence-corrected chi connectivity index (χ4v) is 6.48. The van der Waals surface area contributed by atoms with Gasteiger partial charge in [-0.15, -0.1) is 0 Å². The van der Waals surface area contributed by atoms with Gasteiger partial charge in [0.05, 0.1) is 0 Å². The number of amides is 1. The molecule has 2 unspecified atom stereocenters. The number of anilines is 1. The third kappa shape index (κ3) is 2.14. The van der Waals surface area contributed by atoms with Gasteiger partial charge in [-0.25, -0.2) is 0 Å². The van der Waals surface area contributed by atoms with Crippen molar-refractivity contribution in [1.29, 1.82) is 0 Å². The van der Waals surface area contributed by atoms with Crippen molar-refractivity contribution in [2.75, 3.05) is 12.3 Å². The monoisotopic (exact) mass is 336 g/mol. The first kappa shape index (κ1) is 15.5. The van der Waals surface area contributed by atoms with Gasteiger partial charge in [-0.05, 0) is 77.3 Å². The van der Waals surface area contributed by atoms with E-state index in [0.29, 0.717) is 23.8 Å². The molecule has 5 rings (SSSR count). The highest BCUT2D eigenvalue weighted by atomic mass is 16.1. The predicted molar refractivity (Wildman–Crippen MR) is 100 cm³/mol. The summed E-state index contributed by atoms with van der Waals surface area (Å²) in [5.41, 5.74) is 15.0. The molecule has 1 heterocycles. The van der Waals surface area contributed by atoms with Crippen LogP contribution in [-0.2, 0) is 24.2 Å². The minimum absolute atomic E-state index is 0.412. The van der Waals surface area contributed by atoms with Crippen molar-refractivity contribution in [3.8, 4) is 0 Å². The number of rotatable bonds is 2. The zero-order chi connectivity index (χ0) is 17.2. The van der Waals surface area contributed by atoms with Crippen LogP contribution in [0.3, 0.4) is 0 Å². The smallest absolute Gasteiger partial charge is 0.210 e. The Morgan fingerprint density at radius 1 is 1.28 bits per heavy atom. The lowest BCUT2D eigenvalue weighted by molar-refractivity contribution is -0.118. The number of nitrogens with zero attached hydrogens (tertiary/aromatic N) is 1. The molecule has 0 aromatic heterocycles. The van der Waals surface area contributed by atoms with Crippen LogP contribution in [0.4, 0.5) is 5.69 Å². The lowest BCUT2D eigenvalue weighted by atomic mass is 9.66. The van der Waals surface area contributed by atoms with Gasteiger partial charge < -0.3 is 10.6 Å². The molecule has 1 saturated carbocycles. The molecule has 1 aromatic carbocycles. The van der Waals surface area contributed by atoms with Gasteiger partial charge in [0.15, 0.2) is 0 Å². The van der Waals surface area contributed by atoms with Crippen LogP contribution in [0.15, 0.2) is 17.7 Å². The lowest BCUT2D eigenvalue weighted by Crippen LogP contribution is -2.31. The molecule has 1 spiro atoms. The van der Waals surface area contributed by atoms with Crippen LogP contribution in [0, 0.1) is 11.3 Å². The summed E-state index contributed by atoms with van der Waals surface area (Å²) in [4.78, 5) is 13.6. The number of nitrogen functional groups attached to an aromatic ring is 1. The number of hydrogen-bond acceptors (Lipinski definition) is 2. The summed E-state index contributed by atoms with van der Waals surface area (Å²) in [7, 11) is 0. The molecule has 3 nitrogen and oxygen atoms in total. The Morgan fingerprint density at radius 3 is 2.80 bits per heavy atom. The largest absolute Gasteiger partial charge is 0.398 e. The molecule has 2 atom stereocenters. The summed E-state index contributed by atoms with van der Waals surface area (Å²) in [5.74, 6) is 1.22. The van der Waals surface area contributed by atoms with Crippen LogP contribution in [0.25, 0.3) is 0 Å². The van der Waals surface area contributed by atoms with Crippen LogP contribution < -0.4 is 5.73 Å². The number of allylic oxidation sites excluding steroid dienone is 1. The van der Waals surface area contributed by atoms with E-state index in [1.165, 1.54) is 60.8 Å². The summed E-state index contributed by atoms with van der Waals surface area (Å²) in [6.45, 7) is 3.71. The van der Waals surface area contributed by atoms with E-state index in [9.17, 15) is 4.79 Å². The zero-order valence-corrected chi connectivity index (χ0v) is 15.2. The Bertz CT molecular complexity index is 773. The van der Waals surface area contributed by atoms with Gasteiger partial charge in [-0.2, -0.15) is 0 Å². The SMILES string of the molecule is CCc1cc(N)c2c3c1CC1CC4(C=C(CN(C=O)C2)C31)CCCC4. The third-order valence-corrected chi connectivity index (χ3v) is 7.40. The van der Waals surface area contributed by atoms with Gasteiger partial charge in [-0.3, -0.25) is 4.79 Å². The Labute approximate surface area is 150 Å². The molecule has 1 fully saturated rings. The summed E-state index contributed by atoms with van der Waals surface area (Å²) < 4.78 is 0. The van der Waals surface area contributed by atoms with Gasteiger partial charge in [-0.1, -0.05) is 25.8 Å². The van der Waals surface area contributed by atoms with E-state index >= 15 is 0 Å². The van der Waals surface area contributed by atoms with E-state index in [-0.39, 0.29) is 0 Å². The second kappa shape index (κ2) is 5.36. The number of nitrogens with two attached hydrogens (primary N) is 1. The van der Waals surface area contributed by atoms with Crippen LogP contribution in [0.5, 0.6) is 0 Å². The Balaban J connectivity index is 1.72. The van der Waals surface area contributed by atoms with Crippen molar-refractivity contribution in [2.45, 2.75) is 64.3 Å². The molecular weight excluding hydrogens is 308 g/mol. The van der Waals surface area contributed by atoms with Crippen molar-refractivity contribution in [3.63, 3.8) is 0 Å². The van der Waals surface area contributed by atoms with Crippen molar-refractivity contribution >= 4 is 12.1 Å². The Morgan fingerprint density at radius 2 is 2.08 bits per heavy atom. The summed E-state index contributed by atoms with van der Waals surface area (Å²) >= 11 is 0. The minimum atomic E-state index is 0.412. The highest BCUT2D eigenvalue weighted by molar-refractivity contribution is 5.65. The molecule has 3 heteroatoms. The highest BCUT2D eigenvalue weighted by Gasteiger charge is 2.48. The number of carbonyl (C=O) groups excluding carboxylic acids is 1. The maximum atomic E-state index is 11.7. The number of aryl methyl sites for hydroxylation is 1. The molecule has 1 aliphatic heterocycles. The van der Waals surface area contributed by atoms with Gasteiger partial charge in [0, 0.05) is 24.7 Å². The average molecular weight is 336 g/mol. The Kier molecular flexibility index (Phi) is 3.32. The van der Waals surface area contributed by atoms with Crippen molar-refractivity contribution in [3.05, 3.63) is 40.0 Å². The molecule has 3 aliphatic carbocycles. The summed E-state index contributed by atoms with van der Waals surface area (Å²) in [5, 5.41) is 0. The van der Waals surface area contributed by atoms with Crippen LogP contribution in [0.1, 0.15) is 67.2 Å². The summed E-state index contributed by atoms with van der Waals surface area (Å²) in [6.07, 6.45) is 12.6. The zero-order valence-electron chi connectivity index (χ0n) is 15.2. The van der Waals surface area contributed by atoms with Crippen molar-refractivity contribution in [2.24, 2.45) is 11.3 Å². The predicted octanol–water partition coefficient (Wildman–Crippen LogP) is 3.95.